The van der Waals surface area contributed by atoms with Gasteiger partial charge in [0.2, 0.25) is 5.91 Å². The molecule has 0 saturated carbocycles. The molecule has 0 unspecified atom stereocenters. The van der Waals surface area contributed by atoms with Crippen LogP contribution in [0.2, 0.25) is 0 Å². The predicted molar refractivity (Wildman–Crippen MR) is 47.2 cm³/mol. The van der Waals surface area contributed by atoms with E-state index in [0.29, 0.717) is 0 Å². The van der Waals surface area contributed by atoms with Gasteiger partial charge in [-0.15, -0.1) is 0 Å². The molecule has 0 bridgehead atoms. The van der Waals surface area contributed by atoms with Crippen molar-refractivity contribution in [3.8, 4) is 0 Å². The first kappa shape index (κ1) is 13.8. The molecule has 0 aromatic heterocycles. The Morgan fingerprint density at radius 1 is 1.40 bits per heavy atom. The summed E-state index contributed by atoms with van der Waals surface area (Å²) in [7, 11) is 0. The van der Waals surface area contributed by atoms with E-state index in [-0.39, 0.29) is 0 Å². The summed E-state index contributed by atoms with van der Waals surface area (Å²) in [6, 6.07) is -1.66. The van der Waals surface area contributed by atoms with Gasteiger partial charge in [-0.3, -0.25) is 4.79 Å². The Balaban J connectivity index is 4.49. The molecule has 86 valence electrons. The summed E-state index contributed by atoms with van der Waals surface area (Å²) in [5.41, 5.74) is 13.0. The fraction of sp³-hybridized carbons (Fsp3) is 0.833. The predicted octanol–water partition coefficient (Wildman–Crippen LogP) is -2.77. The number of amides is 1. The maximum atomic E-state index is 10.8. The van der Waals surface area contributed by atoms with Crippen molar-refractivity contribution in [1.82, 2.24) is 0 Å². The Morgan fingerprint density at radius 3 is 2.33 bits per heavy atom. The lowest BCUT2D eigenvalue weighted by Crippen LogP contribution is -2.52. The molecular formula is C6H12N4O5. The number of rotatable bonds is 5. The van der Waals surface area contributed by atoms with E-state index in [2.05, 4.69) is 10.0 Å². The van der Waals surface area contributed by atoms with E-state index < -0.39 is 36.9 Å². The molecule has 0 saturated heterocycles. The van der Waals surface area contributed by atoms with Crippen molar-refractivity contribution in [3.63, 3.8) is 0 Å². The number of aliphatic hydroxyl groups is 4. The topological polar surface area (TPSA) is 173 Å². The van der Waals surface area contributed by atoms with Crippen molar-refractivity contribution in [2.45, 2.75) is 24.4 Å². The molecule has 4 atom stereocenters. The lowest BCUT2D eigenvalue weighted by atomic mass is 10.0. The summed E-state index contributed by atoms with van der Waals surface area (Å²) in [6.45, 7) is -0.805. The average molecular weight is 220 g/mol. The third-order valence-electron chi connectivity index (χ3n) is 1.73. The molecule has 9 heteroatoms. The Kier molecular flexibility index (Phi) is 5.79. The number of azide groups is 1. The number of hydrogen-bond donors (Lipinski definition) is 5. The van der Waals surface area contributed by atoms with Gasteiger partial charge in [-0.25, -0.2) is 0 Å². The van der Waals surface area contributed by atoms with Gasteiger partial charge < -0.3 is 26.2 Å². The molecule has 0 fully saturated rings. The number of hydrogen-bond acceptors (Lipinski definition) is 6. The van der Waals surface area contributed by atoms with E-state index in [9.17, 15) is 9.90 Å². The molecule has 0 aromatic carbocycles. The first-order valence-electron chi connectivity index (χ1n) is 3.95. The van der Waals surface area contributed by atoms with Crippen LogP contribution < -0.4 is 5.73 Å². The Morgan fingerprint density at radius 2 is 1.93 bits per heavy atom. The molecule has 1 amide bonds. The summed E-state index contributed by atoms with van der Waals surface area (Å²) in [5.74, 6) is -1.17. The normalized spacial score (nSPS) is 18.5. The highest BCUT2D eigenvalue weighted by atomic mass is 16.4. The second-order valence-electron chi connectivity index (χ2n) is 2.78. The van der Waals surface area contributed by atoms with Crippen molar-refractivity contribution in [2.24, 2.45) is 10.8 Å². The SMILES string of the molecule is [N-]=[N+]=NC(=O)[C@H](N)[C@@H](O)[C@@H](O)[C@H](O)CO. The summed E-state index contributed by atoms with van der Waals surface area (Å²) in [5, 5.41) is 38.4. The fourth-order valence-electron chi connectivity index (χ4n) is 0.805. The fourth-order valence-corrected chi connectivity index (χ4v) is 0.805. The highest BCUT2D eigenvalue weighted by Crippen LogP contribution is 2.04. The van der Waals surface area contributed by atoms with Crippen molar-refractivity contribution >= 4 is 5.91 Å². The van der Waals surface area contributed by atoms with E-state index in [1.54, 1.807) is 0 Å². The average Bonchev–Trinajstić information content (AvgIpc) is 2.25. The summed E-state index contributed by atoms with van der Waals surface area (Å²) in [6.07, 6.45) is -5.27. The zero-order valence-corrected chi connectivity index (χ0v) is 7.63. The van der Waals surface area contributed by atoms with Gasteiger partial charge in [-0.05, 0) is 10.6 Å². The molecule has 0 rings (SSSR count). The smallest absolute Gasteiger partial charge is 0.238 e. The second-order valence-corrected chi connectivity index (χ2v) is 2.78. The molecule has 15 heavy (non-hydrogen) atoms. The largest absolute Gasteiger partial charge is 0.394 e. The first-order valence-corrected chi connectivity index (χ1v) is 3.95. The van der Waals surface area contributed by atoms with Crippen LogP contribution in [-0.4, -0.2) is 57.3 Å². The van der Waals surface area contributed by atoms with Crippen LogP contribution in [0.3, 0.4) is 0 Å². The molecule has 6 N–H and O–H groups in total. The van der Waals surface area contributed by atoms with Crippen LogP contribution >= 0.6 is 0 Å². The maximum absolute atomic E-state index is 10.8. The third-order valence-corrected chi connectivity index (χ3v) is 1.73. The van der Waals surface area contributed by atoms with Gasteiger partial charge >= 0.3 is 0 Å². The lowest BCUT2D eigenvalue weighted by molar-refractivity contribution is -0.128. The van der Waals surface area contributed by atoms with Gasteiger partial charge in [0, 0.05) is 4.91 Å². The highest BCUT2D eigenvalue weighted by molar-refractivity contribution is 5.82. The third kappa shape index (κ3) is 3.80. The standard InChI is InChI=1S/C6H12N4O5/c7-3(6(15)9-10-8)5(14)4(13)2(12)1-11/h2-5,11-14H,1,7H2/t2-,3-,4+,5-/m1/s1. The molecular weight excluding hydrogens is 208 g/mol. The zero-order chi connectivity index (χ0) is 12.0. The zero-order valence-electron chi connectivity index (χ0n) is 7.63. The summed E-state index contributed by atoms with van der Waals surface area (Å²) >= 11 is 0. The molecule has 0 aliphatic rings. The lowest BCUT2D eigenvalue weighted by Gasteiger charge is -2.24. The molecule has 0 aliphatic heterocycles. The number of carbonyl (C=O) groups is 1. The minimum Gasteiger partial charge on any atom is -0.394 e. The van der Waals surface area contributed by atoms with Crippen LogP contribution in [0, 0.1) is 0 Å². The van der Waals surface area contributed by atoms with Gasteiger partial charge in [0.05, 0.1) is 12.6 Å². The molecule has 9 nitrogen and oxygen atoms in total. The van der Waals surface area contributed by atoms with Crippen LogP contribution in [0.4, 0.5) is 0 Å². The van der Waals surface area contributed by atoms with Crippen LogP contribution in [0.1, 0.15) is 0 Å². The van der Waals surface area contributed by atoms with E-state index in [4.69, 9.17) is 26.6 Å². The highest BCUT2D eigenvalue weighted by Gasteiger charge is 2.32. The van der Waals surface area contributed by atoms with Crippen molar-refractivity contribution in [1.29, 1.82) is 0 Å². The molecule has 0 aliphatic carbocycles. The van der Waals surface area contributed by atoms with Crippen LogP contribution in [0.5, 0.6) is 0 Å². The molecule has 0 aromatic rings. The summed E-state index contributed by atoms with van der Waals surface area (Å²) in [4.78, 5) is 13.0. The van der Waals surface area contributed by atoms with Crippen molar-refractivity contribution in [2.75, 3.05) is 6.61 Å². The quantitative estimate of drug-likeness (QED) is 0.190. The molecule has 0 radical (unpaired) electrons. The monoisotopic (exact) mass is 220 g/mol. The number of nitrogens with two attached hydrogens (primary N) is 1. The Bertz CT molecular complexity index is 266. The van der Waals surface area contributed by atoms with Crippen molar-refractivity contribution < 1.29 is 25.2 Å². The van der Waals surface area contributed by atoms with E-state index in [0.717, 1.165) is 0 Å². The van der Waals surface area contributed by atoms with Crippen LogP contribution in [0.25, 0.3) is 10.4 Å². The minimum absolute atomic E-state index is 0.805. The van der Waals surface area contributed by atoms with E-state index in [1.165, 1.54) is 0 Å². The molecule has 0 spiro atoms. The van der Waals surface area contributed by atoms with Crippen LogP contribution in [-0.2, 0) is 4.79 Å². The number of nitrogens with zero attached hydrogens (tertiary/aromatic N) is 3. The Hall–Kier alpha value is -1.22. The Labute approximate surface area is 84.4 Å². The van der Waals surface area contributed by atoms with Gasteiger partial charge in [0.1, 0.15) is 18.3 Å². The van der Waals surface area contributed by atoms with Crippen LogP contribution in [0.15, 0.2) is 5.11 Å². The van der Waals surface area contributed by atoms with Gasteiger partial charge in [0.15, 0.2) is 0 Å². The number of carbonyl (C=O) groups excluding carboxylic acids is 1. The van der Waals surface area contributed by atoms with Gasteiger partial charge in [-0.1, -0.05) is 0 Å². The molecule has 0 heterocycles. The van der Waals surface area contributed by atoms with E-state index in [1.807, 2.05) is 0 Å². The maximum Gasteiger partial charge on any atom is 0.238 e. The summed E-state index contributed by atoms with van der Waals surface area (Å²) < 4.78 is 0. The van der Waals surface area contributed by atoms with Gasteiger partial charge in [0.25, 0.3) is 0 Å². The second kappa shape index (κ2) is 6.30. The number of aliphatic hydroxyl groups excluding tert-OH is 4. The first-order chi connectivity index (χ1) is 6.95. The minimum atomic E-state index is -1.83. The van der Waals surface area contributed by atoms with Gasteiger partial charge in [-0.2, -0.15) is 0 Å². The van der Waals surface area contributed by atoms with E-state index >= 15 is 0 Å². The van der Waals surface area contributed by atoms with Crippen molar-refractivity contribution in [3.05, 3.63) is 10.4 Å².